The van der Waals surface area contributed by atoms with Gasteiger partial charge in [-0.25, -0.2) is 9.59 Å². The molecule has 0 spiro atoms. The summed E-state index contributed by atoms with van der Waals surface area (Å²) in [5, 5.41) is 23.2. The molecule has 9 heteroatoms. The van der Waals surface area contributed by atoms with E-state index in [9.17, 15) is 19.6 Å². The highest BCUT2D eigenvalue weighted by molar-refractivity contribution is 7.07. The molecule has 0 saturated heterocycles. The molecule has 0 aliphatic carbocycles. The van der Waals surface area contributed by atoms with Crippen molar-refractivity contribution in [3.05, 3.63) is 74.2 Å². The van der Waals surface area contributed by atoms with Crippen LogP contribution >= 0.6 is 11.3 Å². The number of aromatic carboxylic acids is 1. The van der Waals surface area contributed by atoms with Crippen molar-refractivity contribution >= 4 is 51.5 Å². The number of hydrogen-bond acceptors (Lipinski definition) is 7. The maximum atomic E-state index is 12.8. The van der Waals surface area contributed by atoms with Crippen LogP contribution in [0.1, 0.15) is 17.3 Å². The molecular formula is C23H19N3O5S. The van der Waals surface area contributed by atoms with Gasteiger partial charge in [0.2, 0.25) is 0 Å². The van der Waals surface area contributed by atoms with Crippen molar-refractivity contribution < 1.29 is 19.4 Å². The first-order valence-electron chi connectivity index (χ1n) is 9.55. The van der Waals surface area contributed by atoms with E-state index in [1.807, 2.05) is 12.1 Å². The Morgan fingerprint density at radius 3 is 2.66 bits per heavy atom. The highest BCUT2D eigenvalue weighted by atomic mass is 32.1. The average Bonchev–Trinajstić information content (AvgIpc) is 3.11. The molecule has 162 valence electrons. The van der Waals surface area contributed by atoms with Crippen LogP contribution in [0, 0.1) is 11.3 Å². The van der Waals surface area contributed by atoms with Gasteiger partial charge in [-0.2, -0.15) is 5.26 Å². The van der Waals surface area contributed by atoms with Gasteiger partial charge in [0.05, 0.1) is 5.56 Å². The van der Waals surface area contributed by atoms with Crippen LogP contribution in [0.3, 0.4) is 0 Å². The summed E-state index contributed by atoms with van der Waals surface area (Å²) < 4.78 is 6.84. The Kier molecular flexibility index (Phi) is 6.87. The maximum Gasteiger partial charge on any atom is 0.352 e. The molecule has 0 atom stereocenters. The van der Waals surface area contributed by atoms with Crippen molar-refractivity contribution in [1.82, 2.24) is 4.57 Å². The number of anilines is 1. The number of aromatic nitrogens is 1. The standard InChI is InChI=1S/C23H19N3O5S/c1-3-9-31-23(30)18(12-24)21-26(4-2)20(27)19(32-21)13-25-17-8-7-14-10-16(22(28)29)6-5-15(14)11-17/h3,5-8,10-11,13,25H,1,4,9H2,2H3,(H,28,29)/b19-13+,21-18-. The normalized spacial score (nSPS) is 12.2. The molecule has 0 radical (unpaired) electrons. The Morgan fingerprint density at radius 1 is 1.28 bits per heavy atom. The summed E-state index contributed by atoms with van der Waals surface area (Å²) in [4.78, 5) is 36.1. The minimum Gasteiger partial charge on any atom is -0.478 e. The lowest BCUT2D eigenvalue weighted by atomic mass is 10.1. The number of carboxylic acid groups (broad SMARTS) is 1. The third-order valence-electron chi connectivity index (χ3n) is 4.54. The number of carboxylic acids is 1. The average molecular weight is 449 g/mol. The van der Waals surface area contributed by atoms with Crippen molar-refractivity contribution in [2.75, 3.05) is 11.9 Å². The lowest BCUT2D eigenvalue weighted by molar-refractivity contribution is -0.135. The molecule has 3 aromatic rings. The van der Waals surface area contributed by atoms with Crippen LogP contribution in [0.4, 0.5) is 5.69 Å². The number of ether oxygens (including phenoxy) is 1. The van der Waals surface area contributed by atoms with Gasteiger partial charge in [0.15, 0.2) is 5.57 Å². The number of nitriles is 1. The van der Waals surface area contributed by atoms with E-state index in [1.54, 1.807) is 31.2 Å². The fourth-order valence-corrected chi connectivity index (χ4v) is 4.07. The minimum absolute atomic E-state index is 0.0395. The summed E-state index contributed by atoms with van der Waals surface area (Å²) >= 11 is 1.01. The number of nitrogens with one attached hydrogen (secondary N) is 1. The molecule has 0 amide bonds. The van der Waals surface area contributed by atoms with Gasteiger partial charge in [-0.3, -0.25) is 9.36 Å². The molecule has 0 aliphatic heterocycles. The number of esters is 1. The molecule has 0 bridgehead atoms. The second-order valence-corrected chi connectivity index (χ2v) is 7.60. The largest absolute Gasteiger partial charge is 0.478 e. The van der Waals surface area contributed by atoms with Crippen LogP contribution in [0.2, 0.25) is 0 Å². The zero-order chi connectivity index (χ0) is 23.3. The SMILES string of the molecule is C=CCOC(=O)/C(C#N)=c1\s/c(=C/Nc2ccc3cc(C(=O)O)ccc3c2)c(=O)n1CC. The van der Waals surface area contributed by atoms with Crippen LogP contribution in [-0.2, 0) is 16.1 Å². The molecule has 32 heavy (non-hydrogen) atoms. The fourth-order valence-electron chi connectivity index (χ4n) is 3.00. The summed E-state index contributed by atoms with van der Waals surface area (Å²) in [6, 6.07) is 12.0. The molecule has 1 aromatic heterocycles. The van der Waals surface area contributed by atoms with E-state index in [0.29, 0.717) is 10.2 Å². The Labute approximate surface area is 186 Å². The van der Waals surface area contributed by atoms with Gasteiger partial charge in [-0.1, -0.05) is 24.8 Å². The van der Waals surface area contributed by atoms with E-state index >= 15 is 0 Å². The number of thiazole rings is 1. The Balaban J connectivity index is 2.02. The van der Waals surface area contributed by atoms with Crippen molar-refractivity contribution in [2.24, 2.45) is 0 Å². The predicted octanol–water partition coefficient (Wildman–Crippen LogP) is 2.03. The number of fused-ring (bicyclic) bond motifs is 1. The first-order chi connectivity index (χ1) is 15.4. The van der Waals surface area contributed by atoms with Crippen LogP contribution in [-0.4, -0.2) is 28.2 Å². The number of nitrogens with zero attached hydrogens (tertiary/aromatic N) is 2. The maximum absolute atomic E-state index is 12.8. The van der Waals surface area contributed by atoms with E-state index in [1.165, 1.54) is 22.9 Å². The number of carbonyl (C=O) groups is 2. The van der Waals surface area contributed by atoms with Gasteiger partial charge >= 0.3 is 11.9 Å². The van der Waals surface area contributed by atoms with Crippen molar-refractivity contribution in [1.29, 1.82) is 5.26 Å². The molecular weight excluding hydrogens is 430 g/mol. The lowest BCUT2D eigenvalue weighted by Gasteiger charge is -2.04. The van der Waals surface area contributed by atoms with E-state index in [4.69, 9.17) is 9.84 Å². The monoisotopic (exact) mass is 449 g/mol. The lowest BCUT2D eigenvalue weighted by Crippen LogP contribution is -2.32. The Morgan fingerprint density at radius 2 is 2.00 bits per heavy atom. The first kappa shape index (κ1) is 22.5. The second kappa shape index (κ2) is 9.76. The molecule has 0 fully saturated rings. The number of benzene rings is 2. The van der Waals surface area contributed by atoms with Gasteiger partial charge in [0.1, 0.15) is 21.9 Å². The highest BCUT2D eigenvalue weighted by Gasteiger charge is 2.16. The minimum atomic E-state index is -0.995. The fraction of sp³-hybridized carbons (Fsp3) is 0.130. The van der Waals surface area contributed by atoms with Crippen LogP contribution < -0.4 is 20.1 Å². The van der Waals surface area contributed by atoms with Gasteiger partial charge in [0.25, 0.3) is 5.56 Å². The van der Waals surface area contributed by atoms with E-state index in [-0.39, 0.29) is 34.5 Å². The van der Waals surface area contributed by atoms with Crippen molar-refractivity contribution in [3.63, 3.8) is 0 Å². The van der Waals surface area contributed by atoms with Gasteiger partial charge < -0.3 is 15.2 Å². The topological polar surface area (TPSA) is 121 Å². The van der Waals surface area contributed by atoms with Crippen LogP contribution in [0.5, 0.6) is 0 Å². The van der Waals surface area contributed by atoms with E-state index in [2.05, 4.69) is 11.9 Å². The van der Waals surface area contributed by atoms with Crippen LogP contribution in [0.15, 0.2) is 53.8 Å². The molecule has 2 N–H and O–H groups in total. The molecule has 3 rings (SSSR count). The zero-order valence-electron chi connectivity index (χ0n) is 17.1. The van der Waals surface area contributed by atoms with Crippen LogP contribution in [0.25, 0.3) is 22.5 Å². The number of carbonyl (C=O) groups excluding carboxylic acids is 1. The third-order valence-corrected chi connectivity index (χ3v) is 5.67. The van der Waals surface area contributed by atoms with Gasteiger partial charge in [-0.15, -0.1) is 11.3 Å². The Bertz CT molecular complexity index is 1440. The Hall–Kier alpha value is -4.16. The first-order valence-corrected chi connectivity index (χ1v) is 10.4. The smallest absolute Gasteiger partial charge is 0.352 e. The predicted molar refractivity (Wildman–Crippen MR) is 123 cm³/mol. The van der Waals surface area contributed by atoms with E-state index < -0.39 is 11.9 Å². The summed E-state index contributed by atoms with van der Waals surface area (Å²) in [6.45, 7) is 5.45. The van der Waals surface area contributed by atoms with Gasteiger partial charge in [-0.05, 0) is 42.0 Å². The third kappa shape index (κ3) is 4.61. The molecule has 0 unspecified atom stereocenters. The summed E-state index contributed by atoms with van der Waals surface area (Å²) in [7, 11) is 0. The van der Waals surface area contributed by atoms with Crippen molar-refractivity contribution in [3.8, 4) is 6.07 Å². The zero-order valence-corrected chi connectivity index (χ0v) is 17.9. The molecule has 8 nitrogen and oxygen atoms in total. The second-order valence-electron chi connectivity index (χ2n) is 6.57. The number of hydrogen-bond donors (Lipinski definition) is 2. The molecule has 0 saturated carbocycles. The summed E-state index contributed by atoms with van der Waals surface area (Å²) in [6.07, 6.45) is 2.91. The van der Waals surface area contributed by atoms with E-state index in [0.717, 1.165) is 22.1 Å². The molecule has 2 aromatic carbocycles. The highest BCUT2D eigenvalue weighted by Crippen LogP contribution is 2.20. The summed E-state index contributed by atoms with van der Waals surface area (Å²) in [5.74, 6) is -1.81. The quantitative estimate of drug-likeness (QED) is 0.418. The number of rotatable bonds is 7. The summed E-state index contributed by atoms with van der Waals surface area (Å²) in [5.41, 5.74) is 0.312. The molecule has 1 heterocycles. The molecule has 0 aliphatic rings. The van der Waals surface area contributed by atoms with Crippen molar-refractivity contribution in [2.45, 2.75) is 13.5 Å². The van der Waals surface area contributed by atoms with Gasteiger partial charge in [0, 0.05) is 18.4 Å².